The molecular formula is C18H24ClF. The van der Waals surface area contributed by atoms with Crippen molar-refractivity contribution >= 4 is 17.2 Å². The number of aryl methyl sites for hydroxylation is 1. The molecule has 0 saturated carbocycles. The lowest BCUT2D eigenvalue weighted by molar-refractivity contribution is 0.445. The van der Waals surface area contributed by atoms with Gasteiger partial charge in [-0.2, -0.15) is 0 Å². The molecule has 1 unspecified atom stereocenters. The molecule has 0 aliphatic heterocycles. The maximum Gasteiger partial charge on any atom is 0.145 e. The topological polar surface area (TPSA) is 0 Å². The molecule has 0 nitrogen and oxygen atoms in total. The van der Waals surface area contributed by atoms with Gasteiger partial charge in [0.1, 0.15) is 5.82 Å². The average Bonchev–Trinajstić information content (AvgIpc) is 2.46. The first-order valence-corrected chi connectivity index (χ1v) is 8.21. The summed E-state index contributed by atoms with van der Waals surface area (Å²) in [6.45, 7) is 4.29. The lowest BCUT2D eigenvalue weighted by Gasteiger charge is -2.22. The van der Waals surface area contributed by atoms with Crippen LogP contribution in [-0.2, 0) is 6.42 Å². The zero-order valence-electron chi connectivity index (χ0n) is 12.5. The summed E-state index contributed by atoms with van der Waals surface area (Å²) < 4.78 is 14.2. The molecule has 1 atom stereocenters. The van der Waals surface area contributed by atoms with Gasteiger partial charge in [0, 0.05) is 0 Å². The minimum atomic E-state index is -0.220. The maximum atomic E-state index is 14.2. The molecule has 0 amide bonds. The second kappa shape index (κ2) is 7.26. The zero-order valence-corrected chi connectivity index (χ0v) is 13.3. The van der Waals surface area contributed by atoms with Crippen LogP contribution in [0.1, 0.15) is 63.5 Å². The first-order chi connectivity index (χ1) is 9.67. The maximum absolute atomic E-state index is 14.2. The minimum Gasteiger partial charge on any atom is -0.205 e. The van der Waals surface area contributed by atoms with Crippen molar-refractivity contribution in [3.05, 3.63) is 40.2 Å². The van der Waals surface area contributed by atoms with Gasteiger partial charge in [-0.25, -0.2) is 4.39 Å². The molecule has 2 rings (SSSR count). The molecule has 0 heterocycles. The van der Waals surface area contributed by atoms with Crippen LogP contribution in [0.15, 0.2) is 18.2 Å². The third-order valence-corrected chi connectivity index (χ3v) is 4.61. The Morgan fingerprint density at radius 3 is 2.65 bits per heavy atom. The van der Waals surface area contributed by atoms with E-state index in [-0.39, 0.29) is 5.82 Å². The quantitative estimate of drug-likeness (QED) is 0.588. The molecule has 20 heavy (non-hydrogen) atoms. The van der Waals surface area contributed by atoms with E-state index in [1.54, 1.807) is 0 Å². The van der Waals surface area contributed by atoms with E-state index >= 15 is 0 Å². The van der Waals surface area contributed by atoms with E-state index in [1.165, 1.54) is 24.8 Å². The Balaban J connectivity index is 2.20. The van der Waals surface area contributed by atoms with Gasteiger partial charge in [-0.3, -0.25) is 0 Å². The number of hydrogen-bond donors (Lipinski definition) is 0. The molecule has 1 aromatic carbocycles. The molecule has 0 aromatic heterocycles. The molecule has 1 aliphatic carbocycles. The summed E-state index contributed by atoms with van der Waals surface area (Å²) in [5.74, 6) is 0.578. The second-order valence-corrected chi connectivity index (χ2v) is 6.19. The standard InChI is InChI=1S/C18H24ClF/c1-3-5-13-7-9-14(10-8-13)16-12-11-15(6-4-2)18(20)17(16)19/h9,11-13H,3-8,10H2,1-2H3. The number of halogens is 2. The van der Waals surface area contributed by atoms with Crippen LogP contribution >= 0.6 is 11.6 Å². The van der Waals surface area contributed by atoms with Gasteiger partial charge in [-0.1, -0.05) is 62.9 Å². The van der Waals surface area contributed by atoms with Crippen molar-refractivity contribution in [2.75, 3.05) is 0 Å². The molecule has 2 heteroatoms. The van der Waals surface area contributed by atoms with Crippen molar-refractivity contribution < 1.29 is 4.39 Å². The fraction of sp³-hybridized carbons (Fsp3) is 0.556. The second-order valence-electron chi connectivity index (χ2n) is 5.81. The summed E-state index contributed by atoms with van der Waals surface area (Å²) in [5, 5.41) is 0.316. The Hall–Kier alpha value is -0.820. The van der Waals surface area contributed by atoms with E-state index in [2.05, 4.69) is 19.9 Å². The van der Waals surface area contributed by atoms with Crippen LogP contribution in [0.25, 0.3) is 5.57 Å². The molecule has 1 aliphatic rings. The van der Waals surface area contributed by atoms with Gasteiger partial charge >= 0.3 is 0 Å². The van der Waals surface area contributed by atoms with Crippen LogP contribution in [0.3, 0.4) is 0 Å². The summed E-state index contributed by atoms with van der Waals surface area (Å²) in [6.07, 6.45) is 9.83. The Morgan fingerprint density at radius 2 is 2.05 bits per heavy atom. The lowest BCUT2D eigenvalue weighted by Crippen LogP contribution is -2.06. The molecule has 0 N–H and O–H groups in total. The number of benzene rings is 1. The van der Waals surface area contributed by atoms with Crippen molar-refractivity contribution in [1.29, 1.82) is 0 Å². The van der Waals surface area contributed by atoms with Crippen LogP contribution in [0.4, 0.5) is 4.39 Å². The van der Waals surface area contributed by atoms with Crippen molar-refractivity contribution in [3.8, 4) is 0 Å². The fourth-order valence-corrected chi connectivity index (χ4v) is 3.41. The van der Waals surface area contributed by atoms with Gasteiger partial charge in [0.05, 0.1) is 5.02 Å². The first-order valence-electron chi connectivity index (χ1n) is 7.83. The summed E-state index contributed by atoms with van der Waals surface area (Å²) in [6, 6.07) is 3.90. The van der Waals surface area contributed by atoms with Crippen LogP contribution in [-0.4, -0.2) is 0 Å². The van der Waals surface area contributed by atoms with Gasteiger partial charge in [-0.05, 0) is 48.3 Å². The van der Waals surface area contributed by atoms with Crippen LogP contribution < -0.4 is 0 Å². The summed E-state index contributed by atoms with van der Waals surface area (Å²) in [4.78, 5) is 0. The molecule has 110 valence electrons. The molecule has 0 bridgehead atoms. The number of allylic oxidation sites excluding steroid dienone is 2. The summed E-state index contributed by atoms with van der Waals surface area (Å²) in [7, 11) is 0. The molecule has 0 spiro atoms. The monoisotopic (exact) mass is 294 g/mol. The molecule has 0 fully saturated rings. The van der Waals surface area contributed by atoms with Gasteiger partial charge in [0.25, 0.3) is 0 Å². The van der Waals surface area contributed by atoms with Gasteiger partial charge in [0.2, 0.25) is 0 Å². The first kappa shape index (κ1) is 15.6. The highest BCUT2D eigenvalue weighted by molar-refractivity contribution is 6.32. The van der Waals surface area contributed by atoms with Crippen LogP contribution in [0.5, 0.6) is 0 Å². The van der Waals surface area contributed by atoms with Gasteiger partial charge in [-0.15, -0.1) is 0 Å². The normalized spacial score (nSPS) is 19.0. The Morgan fingerprint density at radius 1 is 1.25 bits per heavy atom. The van der Waals surface area contributed by atoms with E-state index in [4.69, 9.17) is 11.6 Å². The average molecular weight is 295 g/mol. The Kier molecular flexibility index (Phi) is 5.65. The van der Waals surface area contributed by atoms with E-state index in [0.717, 1.165) is 42.7 Å². The van der Waals surface area contributed by atoms with E-state index in [9.17, 15) is 4.39 Å². The van der Waals surface area contributed by atoms with Crippen molar-refractivity contribution in [2.24, 2.45) is 5.92 Å². The van der Waals surface area contributed by atoms with E-state index in [0.29, 0.717) is 5.02 Å². The van der Waals surface area contributed by atoms with Gasteiger partial charge in [0.15, 0.2) is 0 Å². The number of hydrogen-bond acceptors (Lipinski definition) is 0. The predicted octanol–water partition coefficient (Wildman–Crippen LogP) is 6.42. The number of rotatable bonds is 5. The van der Waals surface area contributed by atoms with Gasteiger partial charge < -0.3 is 0 Å². The predicted molar refractivity (Wildman–Crippen MR) is 85.6 cm³/mol. The zero-order chi connectivity index (χ0) is 14.5. The van der Waals surface area contributed by atoms with Crippen LogP contribution in [0.2, 0.25) is 5.02 Å². The highest BCUT2D eigenvalue weighted by atomic mass is 35.5. The molecular weight excluding hydrogens is 271 g/mol. The summed E-state index contributed by atoms with van der Waals surface area (Å²) in [5.41, 5.74) is 2.87. The summed E-state index contributed by atoms with van der Waals surface area (Å²) >= 11 is 6.25. The fourth-order valence-electron chi connectivity index (χ4n) is 3.10. The largest absolute Gasteiger partial charge is 0.205 e. The van der Waals surface area contributed by atoms with Crippen LogP contribution in [0, 0.1) is 11.7 Å². The Bertz CT molecular complexity index is 490. The van der Waals surface area contributed by atoms with Crippen molar-refractivity contribution in [3.63, 3.8) is 0 Å². The van der Waals surface area contributed by atoms with Crippen molar-refractivity contribution in [2.45, 2.75) is 58.8 Å². The van der Waals surface area contributed by atoms with E-state index < -0.39 is 0 Å². The molecule has 0 saturated heterocycles. The Labute approximate surface area is 127 Å². The van der Waals surface area contributed by atoms with E-state index in [1.807, 2.05) is 12.1 Å². The highest BCUT2D eigenvalue weighted by Gasteiger charge is 2.18. The smallest absolute Gasteiger partial charge is 0.145 e. The third kappa shape index (κ3) is 3.44. The SMILES string of the molecule is CCCc1ccc(C2=CCC(CCC)CC2)c(Cl)c1F. The highest BCUT2D eigenvalue weighted by Crippen LogP contribution is 2.37. The van der Waals surface area contributed by atoms with Crippen molar-refractivity contribution in [1.82, 2.24) is 0 Å². The molecule has 0 radical (unpaired) electrons. The minimum absolute atomic E-state index is 0.220. The lowest BCUT2D eigenvalue weighted by atomic mass is 9.84. The third-order valence-electron chi connectivity index (χ3n) is 4.24. The molecule has 1 aromatic rings.